The molecule has 0 aromatic heterocycles. The van der Waals surface area contributed by atoms with Gasteiger partial charge in [-0.15, -0.1) is 0 Å². The Morgan fingerprint density at radius 3 is 2.45 bits per heavy atom. The molecule has 1 atom stereocenters. The summed E-state index contributed by atoms with van der Waals surface area (Å²) < 4.78 is 23.9. The molecule has 0 radical (unpaired) electrons. The van der Waals surface area contributed by atoms with Crippen LogP contribution in [-0.4, -0.2) is 32.5 Å². The first-order valence-electron chi connectivity index (χ1n) is 7.05. The maximum atomic E-state index is 12.0. The van der Waals surface area contributed by atoms with Crippen LogP contribution in [0.5, 0.6) is 0 Å². The first-order valence-corrected chi connectivity index (χ1v) is 9.14. The second-order valence-electron chi connectivity index (χ2n) is 5.23. The highest BCUT2D eigenvalue weighted by Gasteiger charge is 2.21. The Labute approximate surface area is 127 Å². The van der Waals surface area contributed by atoms with Crippen molar-refractivity contribution < 1.29 is 8.42 Å². The number of nitrogens with one attached hydrogen (secondary N) is 1. The van der Waals surface area contributed by atoms with E-state index in [1.54, 1.807) is 13.8 Å². The molecule has 5 heteroatoms. The number of benzene rings is 1. The Morgan fingerprint density at radius 1 is 1.25 bits per heavy atom. The second-order valence-corrected chi connectivity index (χ2v) is 8.31. The topological polar surface area (TPSA) is 46.2 Å². The van der Waals surface area contributed by atoms with Gasteiger partial charge >= 0.3 is 0 Å². The molecule has 0 bridgehead atoms. The van der Waals surface area contributed by atoms with Gasteiger partial charge in [0.15, 0.2) is 9.84 Å². The fourth-order valence-electron chi connectivity index (χ4n) is 2.03. The summed E-state index contributed by atoms with van der Waals surface area (Å²) in [7, 11) is -3.01. The van der Waals surface area contributed by atoms with Gasteiger partial charge in [-0.1, -0.05) is 36.7 Å². The van der Waals surface area contributed by atoms with Gasteiger partial charge in [0.1, 0.15) is 0 Å². The molecule has 1 rings (SSSR count). The quantitative estimate of drug-likeness (QED) is 0.800. The lowest BCUT2D eigenvalue weighted by atomic mass is 9.96. The van der Waals surface area contributed by atoms with Crippen molar-refractivity contribution >= 4 is 21.4 Å². The van der Waals surface area contributed by atoms with E-state index in [4.69, 9.17) is 11.6 Å². The summed E-state index contributed by atoms with van der Waals surface area (Å²) in [5, 5.41) is 3.67. The molecule has 1 N–H and O–H groups in total. The van der Waals surface area contributed by atoms with Crippen molar-refractivity contribution in [2.45, 2.75) is 38.4 Å². The third-order valence-corrected chi connectivity index (χ3v) is 6.04. The van der Waals surface area contributed by atoms with E-state index in [1.807, 2.05) is 31.2 Å². The van der Waals surface area contributed by atoms with Gasteiger partial charge in [0.2, 0.25) is 0 Å². The zero-order chi connectivity index (χ0) is 15.2. The molecule has 1 aromatic carbocycles. The fraction of sp³-hybridized carbons (Fsp3) is 0.600. The molecule has 1 unspecified atom stereocenters. The minimum absolute atomic E-state index is 0.122. The van der Waals surface area contributed by atoms with E-state index in [-0.39, 0.29) is 16.9 Å². The highest BCUT2D eigenvalue weighted by molar-refractivity contribution is 7.91. The van der Waals surface area contributed by atoms with Crippen LogP contribution in [-0.2, 0) is 9.84 Å². The van der Waals surface area contributed by atoms with Crippen LogP contribution in [0, 0.1) is 0 Å². The number of likely N-dealkylation sites (N-methyl/N-ethyl adjacent to an activating group) is 1. The summed E-state index contributed by atoms with van der Waals surface area (Å²) in [6, 6.07) is 7.66. The SMILES string of the molecule is CCNCC(CCS(=O)(=O)C(C)C)c1ccccc1Cl. The Kier molecular flexibility index (Phi) is 7.00. The molecule has 0 saturated heterocycles. The lowest BCUT2D eigenvalue weighted by molar-refractivity contribution is 0.559. The number of halogens is 1. The van der Waals surface area contributed by atoms with Crippen LogP contribution in [0.25, 0.3) is 0 Å². The Hall–Kier alpha value is -0.580. The Bertz CT molecular complexity index is 514. The lowest BCUT2D eigenvalue weighted by Crippen LogP contribution is -2.25. The second kappa shape index (κ2) is 8.01. The molecule has 0 aliphatic carbocycles. The van der Waals surface area contributed by atoms with E-state index in [2.05, 4.69) is 5.32 Å². The van der Waals surface area contributed by atoms with Crippen molar-refractivity contribution in [1.82, 2.24) is 5.32 Å². The average molecular weight is 318 g/mol. The summed E-state index contributed by atoms with van der Waals surface area (Å²) in [6.45, 7) is 7.09. The van der Waals surface area contributed by atoms with Crippen LogP contribution in [0.2, 0.25) is 5.02 Å². The van der Waals surface area contributed by atoms with Crippen LogP contribution in [0.15, 0.2) is 24.3 Å². The minimum Gasteiger partial charge on any atom is -0.316 e. The molecular formula is C15H24ClNO2S. The van der Waals surface area contributed by atoms with Gasteiger partial charge in [-0.3, -0.25) is 0 Å². The molecule has 0 spiro atoms. The highest BCUT2D eigenvalue weighted by atomic mass is 35.5. The molecule has 0 aliphatic heterocycles. The number of hydrogen-bond acceptors (Lipinski definition) is 3. The maximum absolute atomic E-state index is 12.0. The maximum Gasteiger partial charge on any atom is 0.152 e. The van der Waals surface area contributed by atoms with Crippen LogP contribution in [0.1, 0.15) is 38.7 Å². The van der Waals surface area contributed by atoms with Crippen molar-refractivity contribution in [2.24, 2.45) is 0 Å². The average Bonchev–Trinajstić information content (AvgIpc) is 2.40. The fourth-order valence-corrected chi connectivity index (χ4v) is 3.41. The molecule has 20 heavy (non-hydrogen) atoms. The largest absolute Gasteiger partial charge is 0.316 e. The van der Waals surface area contributed by atoms with Crippen LogP contribution < -0.4 is 5.32 Å². The van der Waals surface area contributed by atoms with Crippen molar-refractivity contribution in [3.8, 4) is 0 Å². The zero-order valence-electron chi connectivity index (χ0n) is 12.4. The van der Waals surface area contributed by atoms with Gasteiger partial charge in [-0.25, -0.2) is 8.42 Å². The monoisotopic (exact) mass is 317 g/mol. The van der Waals surface area contributed by atoms with Crippen molar-refractivity contribution in [1.29, 1.82) is 0 Å². The molecule has 0 amide bonds. The van der Waals surface area contributed by atoms with Gasteiger partial charge in [0.05, 0.1) is 11.0 Å². The molecule has 0 aliphatic rings. The summed E-state index contributed by atoms with van der Waals surface area (Å²) >= 11 is 6.23. The van der Waals surface area contributed by atoms with E-state index >= 15 is 0 Å². The van der Waals surface area contributed by atoms with Crippen LogP contribution in [0.4, 0.5) is 0 Å². The summed E-state index contributed by atoms with van der Waals surface area (Å²) in [5.41, 5.74) is 1.02. The van der Waals surface area contributed by atoms with Gasteiger partial charge in [-0.05, 0) is 44.4 Å². The van der Waals surface area contributed by atoms with Crippen molar-refractivity contribution in [3.05, 3.63) is 34.9 Å². The van der Waals surface area contributed by atoms with Gasteiger partial charge in [-0.2, -0.15) is 0 Å². The molecule has 114 valence electrons. The smallest absolute Gasteiger partial charge is 0.152 e. The molecule has 0 fully saturated rings. The summed E-state index contributed by atoms with van der Waals surface area (Å²) in [4.78, 5) is 0. The van der Waals surface area contributed by atoms with Crippen LogP contribution >= 0.6 is 11.6 Å². The Morgan fingerprint density at radius 2 is 1.90 bits per heavy atom. The lowest BCUT2D eigenvalue weighted by Gasteiger charge is -2.19. The van der Waals surface area contributed by atoms with Crippen LogP contribution in [0.3, 0.4) is 0 Å². The minimum atomic E-state index is -3.01. The van der Waals surface area contributed by atoms with E-state index in [0.29, 0.717) is 11.4 Å². The third kappa shape index (κ3) is 5.08. The summed E-state index contributed by atoms with van der Waals surface area (Å²) in [6.07, 6.45) is 0.594. The van der Waals surface area contributed by atoms with E-state index in [9.17, 15) is 8.42 Å². The molecular weight excluding hydrogens is 294 g/mol. The number of hydrogen-bond donors (Lipinski definition) is 1. The van der Waals surface area contributed by atoms with Crippen molar-refractivity contribution in [2.75, 3.05) is 18.8 Å². The number of rotatable bonds is 8. The van der Waals surface area contributed by atoms with E-state index in [0.717, 1.165) is 18.7 Å². The van der Waals surface area contributed by atoms with Crippen molar-refractivity contribution in [3.63, 3.8) is 0 Å². The third-order valence-electron chi connectivity index (χ3n) is 3.45. The van der Waals surface area contributed by atoms with E-state index < -0.39 is 9.84 Å². The van der Waals surface area contributed by atoms with E-state index in [1.165, 1.54) is 0 Å². The van der Waals surface area contributed by atoms with Gasteiger partial charge < -0.3 is 5.32 Å². The highest BCUT2D eigenvalue weighted by Crippen LogP contribution is 2.27. The molecule has 3 nitrogen and oxygen atoms in total. The standard InChI is InChI=1S/C15H24ClNO2S/c1-4-17-11-13(9-10-20(18,19)12(2)3)14-7-5-6-8-15(14)16/h5-8,12-13,17H,4,9-11H2,1-3H3. The molecule has 0 heterocycles. The Balaban J connectivity index is 2.83. The summed E-state index contributed by atoms with van der Waals surface area (Å²) in [5.74, 6) is 0.323. The molecule has 0 saturated carbocycles. The van der Waals surface area contributed by atoms with Gasteiger partial charge in [0, 0.05) is 11.6 Å². The predicted molar refractivity (Wildman–Crippen MR) is 86.3 cm³/mol. The first kappa shape index (κ1) is 17.5. The predicted octanol–water partition coefficient (Wildman–Crippen LogP) is 3.25. The first-order chi connectivity index (χ1) is 9.38. The number of sulfone groups is 1. The van der Waals surface area contributed by atoms with Gasteiger partial charge in [0.25, 0.3) is 0 Å². The zero-order valence-corrected chi connectivity index (χ0v) is 14.0. The molecule has 1 aromatic rings. The normalized spacial score (nSPS) is 13.7.